The summed E-state index contributed by atoms with van der Waals surface area (Å²) in [7, 11) is 0. The molecule has 0 bridgehead atoms. The van der Waals surface area contributed by atoms with E-state index < -0.39 is 0 Å². The Morgan fingerprint density at radius 3 is 2.59 bits per heavy atom. The zero-order valence-corrected chi connectivity index (χ0v) is 16.8. The molecule has 3 heterocycles. The Bertz CT molecular complexity index is 961. The van der Waals surface area contributed by atoms with Crippen LogP contribution in [-0.2, 0) is 6.54 Å². The van der Waals surface area contributed by atoms with Gasteiger partial charge in [0.2, 0.25) is 0 Å². The van der Waals surface area contributed by atoms with Gasteiger partial charge in [0.05, 0.1) is 25.2 Å². The number of aromatic nitrogens is 2. The minimum Gasteiger partial charge on any atom is -0.467 e. The number of piperazine rings is 1. The molecule has 0 radical (unpaired) electrons. The number of anilines is 2. The minimum atomic E-state index is -0.0734. The maximum Gasteiger partial charge on any atom is 0.274 e. The minimum absolute atomic E-state index is 0.0734. The van der Waals surface area contributed by atoms with Crippen molar-refractivity contribution in [3.63, 3.8) is 0 Å². The first kappa shape index (κ1) is 19.0. The van der Waals surface area contributed by atoms with Crippen LogP contribution in [0.15, 0.2) is 53.4 Å². The summed E-state index contributed by atoms with van der Waals surface area (Å²) in [5.41, 5.74) is 4.21. The Kier molecular flexibility index (Phi) is 5.46. The SMILES string of the molecule is Cc1cccc(N2CCN(C(=O)c3cnc(NCc4ccco4)cn3)CC2)c1C. The Morgan fingerprint density at radius 2 is 1.90 bits per heavy atom. The number of aryl methyl sites for hydroxylation is 1. The normalized spacial score (nSPS) is 14.1. The zero-order valence-electron chi connectivity index (χ0n) is 16.8. The summed E-state index contributed by atoms with van der Waals surface area (Å²) >= 11 is 0. The van der Waals surface area contributed by atoms with Crippen molar-refractivity contribution in [2.75, 3.05) is 36.4 Å². The number of hydrogen-bond donors (Lipinski definition) is 1. The molecule has 1 fully saturated rings. The summed E-state index contributed by atoms with van der Waals surface area (Å²) in [5, 5.41) is 3.13. The molecule has 2 aromatic heterocycles. The molecular weight excluding hydrogens is 366 g/mol. The van der Waals surface area contributed by atoms with Gasteiger partial charge in [0.1, 0.15) is 17.3 Å². The lowest BCUT2D eigenvalue weighted by atomic mass is 10.1. The number of nitrogens with one attached hydrogen (secondary N) is 1. The van der Waals surface area contributed by atoms with Gasteiger partial charge in [0, 0.05) is 31.9 Å². The van der Waals surface area contributed by atoms with E-state index in [0.717, 1.165) is 18.8 Å². The highest BCUT2D eigenvalue weighted by molar-refractivity contribution is 5.92. The predicted molar refractivity (Wildman–Crippen MR) is 112 cm³/mol. The van der Waals surface area contributed by atoms with Crippen molar-refractivity contribution in [2.45, 2.75) is 20.4 Å². The molecule has 1 saturated heterocycles. The van der Waals surface area contributed by atoms with Crippen molar-refractivity contribution >= 4 is 17.4 Å². The molecule has 0 atom stereocenters. The lowest BCUT2D eigenvalue weighted by Gasteiger charge is -2.36. The first-order valence-electron chi connectivity index (χ1n) is 9.80. The smallest absolute Gasteiger partial charge is 0.274 e. The summed E-state index contributed by atoms with van der Waals surface area (Å²) in [6.07, 6.45) is 4.75. The largest absolute Gasteiger partial charge is 0.467 e. The highest BCUT2D eigenvalue weighted by Gasteiger charge is 2.24. The highest BCUT2D eigenvalue weighted by atomic mass is 16.3. The van der Waals surface area contributed by atoms with Gasteiger partial charge in [-0.2, -0.15) is 0 Å². The van der Waals surface area contributed by atoms with Gasteiger partial charge in [-0.1, -0.05) is 12.1 Å². The van der Waals surface area contributed by atoms with Gasteiger partial charge in [-0.3, -0.25) is 4.79 Å². The van der Waals surface area contributed by atoms with Crippen LogP contribution in [0.3, 0.4) is 0 Å². The quantitative estimate of drug-likeness (QED) is 0.720. The molecule has 0 saturated carbocycles. The fourth-order valence-electron chi connectivity index (χ4n) is 3.51. The van der Waals surface area contributed by atoms with Crippen LogP contribution in [0.5, 0.6) is 0 Å². The van der Waals surface area contributed by atoms with Gasteiger partial charge in [-0.25, -0.2) is 9.97 Å². The maximum atomic E-state index is 12.8. The van der Waals surface area contributed by atoms with Crippen LogP contribution in [0, 0.1) is 13.8 Å². The Hall–Kier alpha value is -3.35. The average Bonchev–Trinajstić information content (AvgIpc) is 3.28. The Morgan fingerprint density at radius 1 is 1.07 bits per heavy atom. The molecule has 3 aromatic rings. The number of hydrogen-bond acceptors (Lipinski definition) is 6. The monoisotopic (exact) mass is 391 g/mol. The van der Waals surface area contributed by atoms with Crippen molar-refractivity contribution in [3.05, 3.63) is 71.6 Å². The van der Waals surface area contributed by atoms with Crippen molar-refractivity contribution in [1.29, 1.82) is 0 Å². The number of furan rings is 1. The summed E-state index contributed by atoms with van der Waals surface area (Å²) in [6.45, 7) is 7.77. The van der Waals surface area contributed by atoms with Gasteiger partial charge >= 0.3 is 0 Å². The van der Waals surface area contributed by atoms with Gasteiger partial charge < -0.3 is 19.5 Å². The van der Waals surface area contributed by atoms with Gasteiger partial charge in [-0.15, -0.1) is 0 Å². The summed E-state index contributed by atoms with van der Waals surface area (Å²) in [5.74, 6) is 1.35. The molecule has 7 nitrogen and oxygen atoms in total. The fourth-order valence-corrected chi connectivity index (χ4v) is 3.51. The number of rotatable bonds is 5. The van der Waals surface area contributed by atoms with E-state index in [1.165, 1.54) is 23.0 Å². The Balaban J connectivity index is 1.34. The van der Waals surface area contributed by atoms with Crippen LogP contribution in [0.25, 0.3) is 0 Å². The number of carbonyl (C=O) groups is 1. The highest BCUT2D eigenvalue weighted by Crippen LogP contribution is 2.24. The van der Waals surface area contributed by atoms with Crippen LogP contribution in [0.2, 0.25) is 0 Å². The standard InChI is InChI=1S/C22H25N5O2/c1-16-5-3-7-20(17(16)2)26-8-10-27(11-9-26)22(28)19-14-25-21(15-23-19)24-13-18-6-4-12-29-18/h3-7,12,14-15H,8-11,13H2,1-2H3,(H,24,25). The van der Waals surface area contributed by atoms with E-state index in [1.807, 2.05) is 17.0 Å². The third kappa shape index (κ3) is 4.23. The van der Waals surface area contributed by atoms with Crippen LogP contribution in [0.1, 0.15) is 27.4 Å². The molecule has 0 unspecified atom stereocenters. The summed E-state index contributed by atoms with van der Waals surface area (Å²) < 4.78 is 5.28. The number of nitrogens with zero attached hydrogens (tertiary/aromatic N) is 4. The second kappa shape index (κ2) is 8.34. The molecular formula is C22H25N5O2. The lowest BCUT2D eigenvalue weighted by Crippen LogP contribution is -2.49. The second-order valence-electron chi connectivity index (χ2n) is 7.22. The molecule has 0 spiro atoms. The van der Waals surface area contributed by atoms with E-state index in [4.69, 9.17) is 4.42 Å². The van der Waals surface area contributed by atoms with E-state index in [0.29, 0.717) is 31.1 Å². The number of carbonyl (C=O) groups excluding carboxylic acids is 1. The van der Waals surface area contributed by atoms with Crippen LogP contribution < -0.4 is 10.2 Å². The van der Waals surface area contributed by atoms with Gasteiger partial charge in [0.15, 0.2) is 0 Å². The maximum absolute atomic E-state index is 12.8. The third-order valence-electron chi connectivity index (χ3n) is 5.38. The van der Waals surface area contributed by atoms with E-state index in [1.54, 1.807) is 12.5 Å². The van der Waals surface area contributed by atoms with Gasteiger partial charge in [0.25, 0.3) is 5.91 Å². The van der Waals surface area contributed by atoms with Crippen molar-refractivity contribution < 1.29 is 9.21 Å². The average molecular weight is 391 g/mol. The number of benzene rings is 1. The second-order valence-corrected chi connectivity index (χ2v) is 7.22. The molecule has 7 heteroatoms. The molecule has 0 aliphatic carbocycles. The zero-order chi connectivity index (χ0) is 20.2. The molecule has 1 aromatic carbocycles. The van der Waals surface area contributed by atoms with E-state index in [9.17, 15) is 4.79 Å². The molecule has 4 rings (SSSR count). The first-order chi connectivity index (χ1) is 14.1. The number of amides is 1. The van der Waals surface area contributed by atoms with Gasteiger partial charge in [-0.05, 0) is 43.2 Å². The summed E-state index contributed by atoms with van der Waals surface area (Å²) in [6, 6.07) is 10.1. The summed E-state index contributed by atoms with van der Waals surface area (Å²) in [4.78, 5) is 25.6. The van der Waals surface area contributed by atoms with Crippen LogP contribution >= 0.6 is 0 Å². The van der Waals surface area contributed by atoms with Crippen molar-refractivity contribution in [3.8, 4) is 0 Å². The molecule has 1 N–H and O–H groups in total. The Labute approximate surface area is 170 Å². The molecule has 1 amide bonds. The van der Waals surface area contributed by atoms with Crippen LogP contribution in [-0.4, -0.2) is 47.0 Å². The van der Waals surface area contributed by atoms with E-state index in [2.05, 4.69) is 52.2 Å². The molecule has 1 aliphatic rings. The molecule has 1 aliphatic heterocycles. The van der Waals surface area contributed by atoms with Crippen molar-refractivity contribution in [1.82, 2.24) is 14.9 Å². The molecule has 150 valence electrons. The predicted octanol–water partition coefficient (Wildman–Crippen LogP) is 3.26. The van der Waals surface area contributed by atoms with Crippen LogP contribution in [0.4, 0.5) is 11.5 Å². The van der Waals surface area contributed by atoms with Crippen molar-refractivity contribution in [2.24, 2.45) is 0 Å². The topological polar surface area (TPSA) is 74.5 Å². The molecule has 29 heavy (non-hydrogen) atoms. The fraction of sp³-hybridized carbons (Fsp3) is 0.318. The lowest BCUT2D eigenvalue weighted by molar-refractivity contribution is 0.0740. The van der Waals surface area contributed by atoms with E-state index >= 15 is 0 Å². The first-order valence-corrected chi connectivity index (χ1v) is 9.80. The van der Waals surface area contributed by atoms with E-state index in [-0.39, 0.29) is 5.91 Å². The third-order valence-corrected chi connectivity index (χ3v) is 5.38.